The summed E-state index contributed by atoms with van der Waals surface area (Å²) >= 11 is 0. The van der Waals surface area contributed by atoms with Crippen molar-refractivity contribution in [1.82, 2.24) is 0 Å². The Labute approximate surface area is 175 Å². The number of hydrogen-bond acceptors (Lipinski definition) is 6. The summed E-state index contributed by atoms with van der Waals surface area (Å²) in [6.45, 7) is 4.34. The van der Waals surface area contributed by atoms with Crippen molar-refractivity contribution in [1.29, 1.82) is 0 Å². The van der Waals surface area contributed by atoms with E-state index in [0.717, 1.165) is 0 Å². The van der Waals surface area contributed by atoms with Gasteiger partial charge in [0.15, 0.2) is 12.4 Å². The van der Waals surface area contributed by atoms with Gasteiger partial charge in [0, 0.05) is 23.7 Å². The summed E-state index contributed by atoms with van der Waals surface area (Å²) in [5, 5.41) is 22.6. The highest BCUT2D eigenvalue weighted by molar-refractivity contribution is 6.01. The number of carbonyl (C=O) groups is 3. The number of allylic oxidation sites excluding steroid dienone is 4. The first-order valence-electron chi connectivity index (χ1n) is 10.6. The van der Waals surface area contributed by atoms with Crippen LogP contribution in [-0.2, 0) is 19.1 Å². The molecule has 164 valence electrons. The average Bonchev–Trinajstić information content (AvgIpc) is 2.93. The minimum Gasteiger partial charge on any atom is -0.458 e. The van der Waals surface area contributed by atoms with Crippen LogP contribution in [-0.4, -0.2) is 52.2 Å². The summed E-state index contributed by atoms with van der Waals surface area (Å²) < 4.78 is 20.1. The van der Waals surface area contributed by atoms with E-state index in [2.05, 4.69) is 0 Å². The molecule has 0 aromatic heterocycles. The maximum Gasteiger partial charge on any atom is 0.303 e. The first kappa shape index (κ1) is 21.4. The molecule has 4 rings (SSSR count). The van der Waals surface area contributed by atoms with Crippen LogP contribution in [0.15, 0.2) is 23.8 Å². The van der Waals surface area contributed by atoms with Gasteiger partial charge in [-0.1, -0.05) is 19.9 Å². The van der Waals surface area contributed by atoms with E-state index in [1.165, 1.54) is 19.1 Å². The summed E-state index contributed by atoms with van der Waals surface area (Å²) in [7, 11) is 0. The highest BCUT2D eigenvalue weighted by Crippen LogP contribution is 2.67. The lowest BCUT2D eigenvalue weighted by Crippen LogP contribution is -2.62. The fourth-order valence-electron chi connectivity index (χ4n) is 7.08. The van der Waals surface area contributed by atoms with Crippen LogP contribution in [0.3, 0.4) is 0 Å². The van der Waals surface area contributed by atoms with Gasteiger partial charge in [-0.3, -0.25) is 14.4 Å². The molecule has 0 aromatic rings. The standard InChI is InChI=1S/C23H29FO6/c1-12(25)30-11-19(28)23(29)7-5-15-14-9-17(24)16-8-13(26)4-6-21(16,2)20(14)18(27)10-22(15,23)3/h4,6,8,14-15,17-18,20,27,29H,5,7,9-11H2,1-3H3/t14?,15?,17-,18+,20?,21-,22-,23-/m0/s1. The Morgan fingerprint density at radius 2 is 2.03 bits per heavy atom. The van der Waals surface area contributed by atoms with Crippen molar-refractivity contribution in [2.75, 3.05) is 6.61 Å². The molecule has 0 heterocycles. The first-order chi connectivity index (χ1) is 13.9. The zero-order chi connectivity index (χ0) is 22.1. The molecule has 0 saturated heterocycles. The number of fused-ring (bicyclic) bond motifs is 5. The van der Waals surface area contributed by atoms with Crippen molar-refractivity contribution in [3.8, 4) is 0 Å². The number of rotatable bonds is 3. The van der Waals surface area contributed by atoms with Gasteiger partial charge < -0.3 is 14.9 Å². The van der Waals surface area contributed by atoms with Gasteiger partial charge in [-0.05, 0) is 55.2 Å². The van der Waals surface area contributed by atoms with E-state index >= 15 is 4.39 Å². The predicted molar refractivity (Wildman–Crippen MR) is 105 cm³/mol. The van der Waals surface area contributed by atoms with E-state index in [9.17, 15) is 24.6 Å². The number of aliphatic hydroxyl groups is 2. The van der Waals surface area contributed by atoms with Gasteiger partial charge in [0.25, 0.3) is 0 Å². The van der Waals surface area contributed by atoms with Crippen LogP contribution in [0.25, 0.3) is 0 Å². The van der Waals surface area contributed by atoms with Crippen molar-refractivity contribution in [3.05, 3.63) is 23.8 Å². The third-order valence-corrected chi connectivity index (χ3v) is 8.50. The van der Waals surface area contributed by atoms with Crippen molar-refractivity contribution in [3.63, 3.8) is 0 Å². The maximum atomic E-state index is 15.3. The number of hydrogen-bond donors (Lipinski definition) is 2. The SMILES string of the molecule is CC(=O)OCC(=O)[C@@]1(O)CCC2C3C[C@H](F)C4=CC(=O)C=C[C@]4(C)C3[C@H](O)C[C@@]21C. The molecule has 3 unspecified atom stereocenters. The van der Waals surface area contributed by atoms with Crippen LogP contribution in [0, 0.1) is 28.6 Å². The second-order valence-corrected chi connectivity index (χ2v) is 9.91. The number of halogens is 1. The molecular formula is C23H29FO6. The van der Waals surface area contributed by atoms with Gasteiger partial charge >= 0.3 is 5.97 Å². The largest absolute Gasteiger partial charge is 0.458 e. The van der Waals surface area contributed by atoms with Gasteiger partial charge in [0.1, 0.15) is 11.8 Å². The van der Waals surface area contributed by atoms with Gasteiger partial charge in [-0.2, -0.15) is 0 Å². The lowest BCUT2D eigenvalue weighted by molar-refractivity contribution is -0.183. The number of aliphatic hydroxyl groups excluding tert-OH is 1. The zero-order valence-electron chi connectivity index (χ0n) is 17.6. The Hall–Kier alpha value is -1.86. The number of esters is 1. The molecule has 8 atom stereocenters. The number of carbonyl (C=O) groups excluding carboxylic acids is 3. The van der Waals surface area contributed by atoms with E-state index in [-0.39, 0.29) is 42.8 Å². The second kappa shape index (κ2) is 6.82. The molecule has 3 fully saturated rings. The molecule has 0 amide bonds. The number of ether oxygens (including phenoxy) is 1. The minimum absolute atomic E-state index is 0.152. The Morgan fingerprint density at radius 3 is 2.70 bits per heavy atom. The van der Waals surface area contributed by atoms with Crippen molar-refractivity contribution in [2.45, 2.75) is 64.3 Å². The number of Topliss-reactive ketones (excluding diaryl/α,β-unsaturated/α-hetero) is 1. The molecule has 0 bridgehead atoms. The van der Waals surface area contributed by atoms with E-state index in [0.29, 0.717) is 12.0 Å². The average molecular weight is 420 g/mol. The van der Waals surface area contributed by atoms with Gasteiger partial charge in [-0.15, -0.1) is 0 Å². The molecule has 3 saturated carbocycles. The Bertz CT molecular complexity index is 864. The lowest BCUT2D eigenvalue weighted by atomic mass is 9.46. The van der Waals surface area contributed by atoms with E-state index in [4.69, 9.17) is 4.74 Å². The Morgan fingerprint density at radius 1 is 1.33 bits per heavy atom. The normalized spacial score (nSPS) is 47.1. The van der Waals surface area contributed by atoms with Crippen LogP contribution in [0.2, 0.25) is 0 Å². The highest BCUT2D eigenvalue weighted by Gasteiger charge is 2.69. The van der Waals surface area contributed by atoms with Crippen LogP contribution in [0.4, 0.5) is 4.39 Å². The molecule has 0 spiro atoms. The summed E-state index contributed by atoms with van der Waals surface area (Å²) in [5.74, 6) is -2.14. The molecule has 4 aliphatic carbocycles. The maximum absolute atomic E-state index is 15.3. The van der Waals surface area contributed by atoms with Crippen LogP contribution < -0.4 is 0 Å². The molecule has 6 nitrogen and oxygen atoms in total. The van der Waals surface area contributed by atoms with Crippen molar-refractivity contribution >= 4 is 17.5 Å². The van der Waals surface area contributed by atoms with E-state index in [1.807, 2.05) is 6.92 Å². The van der Waals surface area contributed by atoms with Gasteiger partial charge in [-0.25, -0.2) is 4.39 Å². The monoisotopic (exact) mass is 420 g/mol. The smallest absolute Gasteiger partial charge is 0.303 e. The highest BCUT2D eigenvalue weighted by atomic mass is 19.1. The topological polar surface area (TPSA) is 101 Å². The summed E-state index contributed by atoms with van der Waals surface area (Å²) in [5.41, 5.74) is -3.05. The minimum atomic E-state index is -1.74. The first-order valence-corrected chi connectivity index (χ1v) is 10.6. The van der Waals surface area contributed by atoms with Crippen LogP contribution in [0.1, 0.15) is 46.5 Å². The van der Waals surface area contributed by atoms with Crippen molar-refractivity contribution < 1.29 is 33.7 Å². The quantitative estimate of drug-likeness (QED) is 0.678. The Balaban J connectivity index is 1.70. The lowest BCUT2D eigenvalue weighted by Gasteiger charge is -2.60. The summed E-state index contributed by atoms with van der Waals surface area (Å²) in [4.78, 5) is 35.8. The van der Waals surface area contributed by atoms with E-state index < -0.39 is 47.1 Å². The second-order valence-electron chi connectivity index (χ2n) is 9.91. The third-order valence-electron chi connectivity index (χ3n) is 8.50. The molecular weight excluding hydrogens is 391 g/mol. The zero-order valence-corrected chi connectivity index (χ0v) is 17.6. The van der Waals surface area contributed by atoms with Gasteiger partial charge in [0.2, 0.25) is 5.78 Å². The number of ketones is 2. The molecule has 2 N–H and O–H groups in total. The fraction of sp³-hybridized carbons (Fsp3) is 0.696. The fourth-order valence-corrected chi connectivity index (χ4v) is 7.08. The van der Waals surface area contributed by atoms with Crippen LogP contribution >= 0.6 is 0 Å². The van der Waals surface area contributed by atoms with E-state index in [1.54, 1.807) is 13.0 Å². The molecule has 0 aromatic carbocycles. The molecule has 30 heavy (non-hydrogen) atoms. The molecule has 4 aliphatic rings. The Kier molecular flexibility index (Phi) is 4.86. The number of alkyl halides is 1. The molecule has 0 radical (unpaired) electrons. The predicted octanol–water partition coefficient (Wildman–Crippen LogP) is 2.08. The molecule has 7 heteroatoms. The summed E-state index contributed by atoms with van der Waals surface area (Å²) in [6, 6.07) is 0. The van der Waals surface area contributed by atoms with Crippen LogP contribution in [0.5, 0.6) is 0 Å². The van der Waals surface area contributed by atoms with Gasteiger partial charge in [0.05, 0.1) is 6.10 Å². The molecule has 0 aliphatic heterocycles. The van der Waals surface area contributed by atoms with Crippen molar-refractivity contribution in [2.24, 2.45) is 28.6 Å². The summed E-state index contributed by atoms with van der Waals surface area (Å²) in [6.07, 6.45) is 3.37. The third kappa shape index (κ3) is 2.78.